The van der Waals surface area contributed by atoms with E-state index in [-0.39, 0.29) is 12.4 Å². The molecular formula is C25H27ClN2O. The van der Waals surface area contributed by atoms with Crippen molar-refractivity contribution in [2.75, 3.05) is 0 Å². The van der Waals surface area contributed by atoms with E-state index in [0.717, 1.165) is 23.6 Å². The third kappa shape index (κ3) is 4.15. The monoisotopic (exact) mass is 406 g/mol. The summed E-state index contributed by atoms with van der Waals surface area (Å²) < 4.78 is 8.53. The van der Waals surface area contributed by atoms with Crippen LogP contribution in [0.5, 0.6) is 5.75 Å². The second-order valence-electron chi connectivity index (χ2n) is 7.49. The van der Waals surface area contributed by atoms with Crippen molar-refractivity contribution in [3.05, 3.63) is 94.4 Å². The summed E-state index contributed by atoms with van der Waals surface area (Å²) in [6, 6.07) is 19.0. The van der Waals surface area contributed by atoms with Crippen LogP contribution in [0.4, 0.5) is 0 Å². The highest BCUT2D eigenvalue weighted by molar-refractivity contribution is 5.87. The number of rotatable bonds is 5. The van der Waals surface area contributed by atoms with Gasteiger partial charge in [-0.05, 0) is 56.5 Å². The number of ether oxygens (including phenoxy) is 1. The van der Waals surface area contributed by atoms with Crippen LogP contribution in [-0.4, -0.2) is 9.55 Å². The maximum absolute atomic E-state index is 6.16. The summed E-state index contributed by atoms with van der Waals surface area (Å²) in [6.45, 7) is 9.85. The highest BCUT2D eigenvalue weighted by atomic mass is 35.5. The van der Waals surface area contributed by atoms with Crippen molar-refractivity contribution in [2.24, 2.45) is 0 Å². The molecule has 0 bridgehead atoms. The molecule has 0 radical (unpaired) electrons. The van der Waals surface area contributed by atoms with E-state index in [4.69, 9.17) is 4.74 Å². The van der Waals surface area contributed by atoms with Gasteiger partial charge in [-0.15, -0.1) is 12.4 Å². The van der Waals surface area contributed by atoms with Gasteiger partial charge in [-0.1, -0.05) is 48.0 Å². The molecule has 150 valence electrons. The fraction of sp³-hybridized carbons (Fsp3) is 0.240. The lowest BCUT2D eigenvalue weighted by atomic mass is 10.1. The van der Waals surface area contributed by atoms with Crippen LogP contribution in [0.1, 0.15) is 33.6 Å². The van der Waals surface area contributed by atoms with Gasteiger partial charge in [0, 0.05) is 23.8 Å². The fourth-order valence-corrected chi connectivity index (χ4v) is 3.84. The molecule has 29 heavy (non-hydrogen) atoms. The lowest BCUT2D eigenvalue weighted by molar-refractivity contribution is 0.300. The summed E-state index contributed by atoms with van der Waals surface area (Å²) in [7, 11) is 0. The number of nitrogens with zero attached hydrogens (tertiary/aromatic N) is 2. The van der Waals surface area contributed by atoms with Gasteiger partial charge >= 0.3 is 0 Å². The van der Waals surface area contributed by atoms with Crippen LogP contribution in [0.2, 0.25) is 0 Å². The van der Waals surface area contributed by atoms with Gasteiger partial charge in [0.1, 0.15) is 18.1 Å². The number of fused-ring (bicyclic) bond motifs is 1. The molecule has 0 saturated carbocycles. The van der Waals surface area contributed by atoms with Crippen LogP contribution >= 0.6 is 12.4 Å². The molecule has 3 nitrogen and oxygen atoms in total. The molecule has 0 fully saturated rings. The van der Waals surface area contributed by atoms with Crippen molar-refractivity contribution < 1.29 is 4.74 Å². The zero-order valence-corrected chi connectivity index (χ0v) is 18.2. The van der Waals surface area contributed by atoms with Crippen molar-refractivity contribution in [1.29, 1.82) is 0 Å². The molecule has 0 saturated heterocycles. The van der Waals surface area contributed by atoms with E-state index in [1.165, 1.54) is 33.3 Å². The SMILES string of the molecule is Cc1ccc(OCc2nccc3c(C)c(C)n(Cc4ccccc4)c23)c(C)c1.Cl. The van der Waals surface area contributed by atoms with E-state index >= 15 is 0 Å². The van der Waals surface area contributed by atoms with E-state index in [0.29, 0.717) is 6.61 Å². The summed E-state index contributed by atoms with van der Waals surface area (Å²) in [5, 5.41) is 1.25. The predicted molar refractivity (Wildman–Crippen MR) is 122 cm³/mol. The molecule has 0 aliphatic carbocycles. The highest BCUT2D eigenvalue weighted by Crippen LogP contribution is 2.29. The van der Waals surface area contributed by atoms with Gasteiger partial charge in [0.2, 0.25) is 0 Å². The van der Waals surface area contributed by atoms with Crippen molar-refractivity contribution in [3.8, 4) is 5.75 Å². The fourth-order valence-electron chi connectivity index (χ4n) is 3.84. The average Bonchev–Trinajstić information content (AvgIpc) is 2.94. The molecule has 0 aliphatic rings. The maximum atomic E-state index is 6.16. The van der Waals surface area contributed by atoms with Crippen LogP contribution in [0, 0.1) is 27.7 Å². The molecule has 2 aromatic carbocycles. The van der Waals surface area contributed by atoms with E-state index in [1.54, 1.807) is 0 Å². The van der Waals surface area contributed by atoms with Crippen LogP contribution in [0.25, 0.3) is 10.9 Å². The highest BCUT2D eigenvalue weighted by Gasteiger charge is 2.16. The van der Waals surface area contributed by atoms with Gasteiger partial charge in [0.25, 0.3) is 0 Å². The zero-order valence-electron chi connectivity index (χ0n) is 17.4. The van der Waals surface area contributed by atoms with Crippen molar-refractivity contribution in [1.82, 2.24) is 9.55 Å². The second-order valence-corrected chi connectivity index (χ2v) is 7.49. The third-order valence-electron chi connectivity index (χ3n) is 5.50. The first-order valence-corrected chi connectivity index (χ1v) is 9.72. The summed E-state index contributed by atoms with van der Waals surface area (Å²) in [5.74, 6) is 0.916. The van der Waals surface area contributed by atoms with E-state index in [1.807, 2.05) is 12.3 Å². The number of hydrogen-bond donors (Lipinski definition) is 0. The normalized spacial score (nSPS) is 10.8. The Balaban J connectivity index is 0.00000240. The largest absolute Gasteiger partial charge is 0.487 e. The number of hydrogen-bond acceptors (Lipinski definition) is 2. The molecule has 0 amide bonds. The van der Waals surface area contributed by atoms with Gasteiger partial charge < -0.3 is 9.30 Å². The van der Waals surface area contributed by atoms with Gasteiger partial charge in [-0.3, -0.25) is 4.98 Å². The average molecular weight is 407 g/mol. The minimum atomic E-state index is 0. The quantitative estimate of drug-likeness (QED) is 0.387. The Morgan fingerprint density at radius 3 is 2.41 bits per heavy atom. The number of pyridine rings is 1. The lowest BCUT2D eigenvalue weighted by Gasteiger charge is -2.13. The van der Waals surface area contributed by atoms with Gasteiger partial charge in [0.15, 0.2) is 0 Å². The van der Waals surface area contributed by atoms with Crippen LogP contribution < -0.4 is 4.74 Å². The Hall–Kier alpha value is -2.78. The summed E-state index contributed by atoms with van der Waals surface area (Å²) in [6.07, 6.45) is 1.89. The molecule has 0 unspecified atom stereocenters. The molecule has 4 aromatic rings. The molecule has 2 aromatic heterocycles. The molecule has 0 spiro atoms. The Morgan fingerprint density at radius 1 is 0.931 bits per heavy atom. The number of benzene rings is 2. The van der Waals surface area contributed by atoms with E-state index < -0.39 is 0 Å². The Bertz CT molecular complexity index is 1130. The minimum Gasteiger partial charge on any atom is -0.487 e. The number of aryl methyl sites for hydroxylation is 3. The van der Waals surface area contributed by atoms with E-state index in [2.05, 4.69) is 85.8 Å². The zero-order chi connectivity index (χ0) is 19.7. The lowest BCUT2D eigenvalue weighted by Crippen LogP contribution is -2.07. The maximum Gasteiger partial charge on any atom is 0.132 e. The van der Waals surface area contributed by atoms with Gasteiger partial charge in [0.05, 0.1) is 5.52 Å². The Morgan fingerprint density at radius 2 is 1.69 bits per heavy atom. The van der Waals surface area contributed by atoms with Crippen LogP contribution in [0.3, 0.4) is 0 Å². The van der Waals surface area contributed by atoms with Crippen molar-refractivity contribution in [3.63, 3.8) is 0 Å². The third-order valence-corrected chi connectivity index (χ3v) is 5.50. The molecule has 4 rings (SSSR count). The smallest absolute Gasteiger partial charge is 0.132 e. The molecule has 0 atom stereocenters. The first-order chi connectivity index (χ1) is 13.5. The number of aromatic nitrogens is 2. The van der Waals surface area contributed by atoms with Gasteiger partial charge in [-0.2, -0.15) is 0 Å². The Kier molecular flexibility index (Phi) is 6.29. The first-order valence-electron chi connectivity index (χ1n) is 9.72. The first kappa shape index (κ1) is 20.9. The number of halogens is 1. The standard InChI is InChI=1S/C25H26N2O.ClH/c1-17-10-11-24(18(2)14-17)28-16-23-25-22(12-13-26-23)19(3)20(4)27(25)15-21-8-6-5-7-9-21;/h5-14H,15-16H2,1-4H3;1H. The van der Waals surface area contributed by atoms with E-state index in [9.17, 15) is 0 Å². The topological polar surface area (TPSA) is 27.1 Å². The second kappa shape index (κ2) is 8.71. The Labute approximate surface area is 178 Å². The van der Waals surface area contributed by atoms with Crippen molar-refractivity contribution >= 4 is 23.3 Å². The molecule has 4 heteroatoms. The minimum absolute atomic E-state index is 0. The molecular weight excluding hydrogens is 380 g/mol. The molecule has 0 N–H and O–H groups in total. The summed E-state index contributed by atoms with van der Waals surface area (Å²) in [4.78, 5) is 4.68. The van der Waals surface area contributed by atoms with Crippen molar-refractivity contribution in [2.45, 2.75) is 40.8 Å². The van der Waals surface area contributed by atoms with Gasteiger partial charge in [-0.25, -0.2) is 0 Å². The molecule has 0 aliphatic heterocycles. The summed E-state index contributed by atoms with van der Waals surface area (Å²) in [5.41, 5.74) is 8.41. The molecule has 2 heterocycles. The summed E-state index contributed by atoms with van der Waals surface area (Å²) >= 11 is 0. The van der Waals surface area contributed by atoms with Crippen LogP contribution in [0.15, 0.2) is 60.8 Å². The van der Waals surface area contributed by atoms with Crippen LogP contribution in [-0.2, 0) is 13.2 Å². The predicted octanol–water partition coefficient (Wildman–Crippen LogP) is 6.32.